The van der Waals surface area contributed by atoms with Crippen LogP contribution in [0.3, 0.4) is 0 Å². The largest absolute Gasteiger partial charge is 0.496 e. The maximum atomic E-state index is 5.78. The molecule has 1 aromatic carbocycles. The van der Waals surface area contributed by atoms with Crippen LogP contribution in [0.25, 0.3) is 0 Å². The molecule has 0 fully saturated rings. The maximum Gasteiger partial charge on any atom is 0.113 e. The molecule has 0 saturated heterocycles. The molecule has 92 valence electrons. The molecule has 1 aliphatic heterocycles. The molecule has 1 unspecified atom stereocenters. The van der Waals surface area contributed by atoms with E-state index in [1.165, 1.54) is 5.56 Å². The van der Waals surface area contributed by atoms with Crippen molar-refractivity contribution >= 4 is 15.9 Å². The van der Waals surface area contributed by atoms with Crippen LogP contribution in [-0.4, -0.2) is 13.2 Å². The molecule has 0 aliphatic carbocycles. The molecule has 17 heavy (non-hydrogen) atoms. The first-order chi connectivity index (χ1) is 8.33. The zero-order valence-corrected chi connectivity index (χ0v) is 11.7. The van der Waals surface area contributed by atoms with E-state index in [1.54, 1.807) is 0 Å². The lowest BCUT2D eigenvalue weighted by atomic mass is 10.0. The number of ether oxygens (including phenoxy) is 1. The molecule has 1 aliphatic rings. The molecule has 1 heterocycles. The Morgan fingerprint density at radius 1 is 1.41 bits per heavy atom. The Kier molecular flexibility index (Phi) is 4.63. The molecule has 0 aromatic heterocycles. The van der Waals surface area contributed by atoms with E-state index in [9.17, 15) is 0 Å². The van der Waals surface area contributed by atoms with Gasteiger partial charge in [-0.25, -0.2) is 0 Å². The number of halogens is 1. The molecule has 1 aromatic rings. The predicted molar refractivity (Wildman–Crippen MR) is 73.8 cm³/mol. The van der Waals surface area contributed by atoms with E-state index >= 15 is 0 Å². The van der Waals surface area contributed by atoms with E-state index in [-0.39, 0.29) is 6.04 Å². The van der Waals surface area contributed by atoms with Gasteiger partial charge < -0.3 is 10.1 Å². The third kappa shape index (κ3) is 3.11. The van der Waals surface area contributed by atoms with Crippen molar-refractivity contribution in [1.82, 2.24) is 5.32 Å². The summed E-state index contributed by atoms with van der Waals surface area (Å²) in [6.07, 6.45) is 4.44. The van der Waals surface area contributed by atoms with Gasteiger partial charge in [0.1, 0.15) is 5.76 Å². The molecular weight excluding hydrogens is 278 g/mol. The molecule has 2 nitrogen and oxygen atoms in total. The average molecular weight is 296 g/mol. The second kappa shape index (κ2) is 6.22. The lowest BCUT2D eigenvalue weighted by Crippen LogP contribution is -2.25. The highest BCUT2D eigenvalue weighted by Crippen LogP contribution is 2.30. The highest BCUT2D eigenvalue weighted by molar-refractivity contribution is 9.10. The van der Waals surface area contributed by atoms with Crippen molar-refractivity contribution in [3.05, 3.63) is 46.1 Å². The Bertz CT molecular complexity index is 403. The van der Waals surface area contributed by atoms with Crippen molar-refractivity contribution in [3.8, 4) is 0 Å². The van der Waals surface area contributed by atoms with Crippen LogP contribution in [-0.2, 0) is 4.74 Å². The van der Waals surface area contributed by atoms with E-state index in [0.717, 1.165) is 36.2 Å². The van der Waals surface area contributed by atoms with E-state index < -0.39 is 0 Å². The van der Waals surface area contributed by atoms with Crippen molar-refractivity contribution in [2.45, 2.75) is 25.8 Å². The maximum absolute atomic E-state index is 5.78. The van der Waals surface area contributed by atoms with Crippen LogP contribution in [0.4, 0.5) is 0 Å². The zero-order valence-electron chi connectivity index (χ0n) is 10.1. The summed E-state index contributed by atoms with van der Waals surface area (Å²) in [7, 11) is 0. The molecule has 1 atom stereocenters. The Morgan fingerprint density at radius 2 is 2.24 bits per heavy atom. The summed E-state index contributed by atoms with van der Waals surface area (Å²) in [5, 5.41) is 3.49. The summed E-state index contributed by atoms with van der Waals surface area (Å²) in [4.78, 5) is 0. The predicted octanol–water partition coefficient (Wildman–Crippen LogP) is 3.79. The van der Waals surface area contributed by atoms with Crippen LogP contribution in [0.5, 0.6) is 0 Å². The first kappa shape index (κ1) is 12.7. The lowest BCUT2D eigenvalue weighted by Gasteiger charge is -2.25. The van der Waals surface area contributed by atoms with Gasteiger partial charge >= 0.3 is 0 Å². The molecule has 0 amide bonds. The number of allylic oxidation sites excluding steroid dienone is 1. The van der Waals surface area contributed by atoms with Crippen LogP contribution >= 0.6 is 15.9 Å². The number of likely N-dealkylation sites (N-methyl/N-ethyl adjacent to an activating group) is 1. The fraction of sp³-hybridized carbons (Fsp3) is 0.429. The van der Waals surface area contributed by atoms with Crippen molar-refractivity contribution in [3.63, 3.8) is 0 Å². The van der Waals surface area contributed by atoms with Crippen LogP contribution < -0.4 is 5.32 Å². The van der Waals surface area contributed by atoms with Gasteiger partial charge in [-0.3, -0.25) is 0 Å². The summed E-state index contributed by atoms with van der Waals surface area (Å²) >= 11 is 3.61. The molecule has 0 saturated carbocycles. The van der Waals surface area contributed by atoms with Crippen LogP contribution in [0.1, 0.15) is 31.4 Å². The van der Waals surface area contributed by atoms with Gasteiger partial charge in [0.2, 0.25) is 0 Å². The minimum Gasteiger partial charge on any atom is -0.496 e. The number of benzene rings is 1. The minimum atomic E-state index is 0.163. The number of hydrogen-bond donors (Lipinski definition) is 1. The third-order valence-corrected chi connectivity index (χ3v) is 3.59. The number of nitrogens with one attached hydrogen (secondary N) is 1. The molecule has 0 bridgehead atoms. The lowest BCUT2D eigenvalue weighted by molar-refractivity contribution is 0.168. The molecular formula is C14H18BrNO. The SMILES string of the molecule is CCNC(C1=CCCCO1)c1ccccc1Br. The molecule has 1 N–H and O–H groups in total. The van der Waals surface area contributed by atoms with Gasteiger partial charge in [0.15, 0.2) is 0 Å². The monoisotopic (exact) mass is 295 g/mol. The normalized spacial score (nSPS) is 17.2. The fourth-order valence-electron chi connectivity index (χ4n) is 2.05. The van der Waals surface area contributed by atoms with Crippen molar-refractivity contribution in [2.24, 2.45) is 0 Å². The van der Waals surface area contributed by atoms with Gasteiger partial charge in [-0.15, -0.1) is 0 Å². The zero-order chi connectivity index (χ0) is 12.1. The number of rotatable bonds is 4. The molecule has 0 spiro atoms. The van der Waals surface area contributed by atoms with Gasteiger partial charge in [0.05, 0.1) is 12.6 Å². The quantitative estimate of drug-likeness (QED) is 0.912. The topological polar surface area (TPSA) is 21.3 Å². The van der Waals surface area contributed by atoms with E-state index in [2.05, 4.69) is 52.4 Å². The minimum absolute atomic E-state index is 0.163. The Labute approximate surface area is 111 Å². The average Bonchev–Trinajstić information content (AvgIpc) is 2.38. The van der Waals surface area contributed by atoms with Crippen molar-refractivity contribution < 1.29 is 4.74 Å². The van der Waals surface area contributed by atoms with E-state index in [0.29, 0.717) is 0 Å². The summed E-state index contributed by atoms with van der Waals surface area (Å²) in [5.41, 5.74) is 1.24. The number of hydrogen-bond acceptors (Lipinski definition) is 2. The fourth-order valence-corrected chi connectivity index (χ4v) is 2.57. The smallest absolute Gasteiger partial charge is 0.113 e. The van der Waals surface area contributed by atoms with E-state index in [1.807, 2.05) is 6.07 Å². The highest BCUT2D eigenvalue weighted by atomic mass is 79.9. The molecule has 0 radical (unpaired) electrons. The summed E-state index contributed by atoms with van der Waals surface area (Å²) < 4.78 is 6.91. The summed E-state index contributed by atoms with van der Waals surface area (Å²) in [6.45, 7) is 3.87. The Balaban J connectivity index is 2.28. The molecule has 3 heteroatoms. The Morgan fingerprint density at radius 3 is 2.88 bits per heavy atom. The van der Waals surface area contributed by atoms with Crippen LogP contribution in [0, 0.1) is 0 Å². The summed E-state index contributed by atoms with van der Waals surface area (Å²) in [5.74, 6) is 1.06. The van der Waals surface area contributed by atoms with Crippen LogP contribution in [0.2, 0.25) is 0 Å². The Hall–Kier alpha value is -0.800. The third-order valence-electron chi connectivity index (χ3n) is 2.87. The van der Waals surface area contributed by atoms with Gasteiger partial charge in [0, 0.05) is 4.47 Å². The highest BCUT2D eigenvalue weighted by Gasteiger charge is 2.20. The van der Waals surface area contributed by atoms with Gasteiger partial charge in [-0.1, -0.05) is 41.1 Å². The molecule has 2 rings (SSSR count). The second-order valence-electron chi connectivity index (χ2n) is 4.11. The first-order valence-corrected chi connectivity index (χ1v) is 6.93. The van der Waals surface area contributed by atoms with Crippen molar-refractivity contribution in [1.29, 1.82) is 0 Å². The van der Waals surface area contributed by atoms with Crippen molar-refractivity contribution in [2.75, 3.05) is 13.2 Å². The standard InChI is InChI=1S/C14H18BrNO/c1-2-16-14(13-9-5-6-10-17-13)11-7-3-4-8-12(11)15/h3-4,7-9,14,16H,2,5-6,10H2,1H3. The second-order valence-corrected chi connectivity index (χ2v) is 4.96. The van der Waals surface area contributed by atoms with Gasteiger partial charge in [-0.2, -0.15) is 0 Å². The van der Waals surface area contributed by atoms with E-state index in [4.69, 9.17) is 4.74 Å². The van der Waals surface area contributed by atoms with Gasteiger partial charge in [-0.05, 0) is 37.1 Å². The summed E-state index contributed by atoms with van der Waals surface area (Å²) in [6, 6.07) is 8.47. The van der Waals surface area contributed by atoms with Gasteiger partial charge in [0.25, 0.3) is 0 Å². The first-order valence-electron chi connectivity index (χ1n) is 6.13. The van der Waals surface area contributed by atoms with Crippen LogP contribution in [0.15, 0.2) is 40.6 Å².